The minimum Gasteiger partial charge on any atom is -0.312 e. The van der Waals surface area contributed by atoms with E-state index in [1.165, 1.54) is 25.0 Å². The van der Waals surface area contributed by atoms with Crippen molar-refractivity contribution in [3.05, 3.63) is 35.1 Å². The third kappa shape index (κ3) is 2.78. The number of halogens is 1. The highest BCUT2D eigenvalue weighted by Gasteiger charge is 2.33. The lowest BCUT2D eigenvalue weighted by molar-refractivity contribution is 0.312. The van der Waals surface area contributed by atoms with Crippen LogP contribution in [0.15, 0.2) is 18.2 Å². The maximum atomic E-state index is 13.4. The summed E-state index contributed by atoms with van der Waals surface area (Å²) in [5, 5.41) is 12.4. The SMILES string of the molecule is N#Cc1cc(F)cc(CN2CC3CCCNC3C2)c1. The van der Waals surface area contributed by atoms with Crippen LogP contribution in [0.25, 0.3) is 0 Å². The van der Waals surface area contributed by atoms with Crippen molar-refractivity contribution in [1.82, 2.24) is 10.2 Å². The molecule has 0 saturated carbocycles. The molecule has 3 rings (SSSR count). The van der Waals surface area contributed by atoms with Crippen molar-refractivity contribution in [2.75, 3.05) is 19.6 Å². The smallest absolute Gasteiger partial charge is 0.124 e. The second-order valence-electron chi connectivity index (χ2n) is 5.62. The third-order valence-electron chi connectivity index (χ3n) is 4.17. The maximum Gasteiger partial charge on any atom is 0.124 e. The summed E-state index contributed by atoms with van der Waals surface area (Å²) < 4.78 is 13.4. The molecule has 3 nitrogen and oxygen atoms in total. The standard InChI is InChI=1S/C15H18FN3/c16-14-5-11(7-17)4-12(6-14)8-19-9-13-2-1-3-18-15(13)10-19/h4-6,13,15,18H,1-3,8-10H2. The number of fused-ring (bicyclic) bond motifs is 1. The van der Waals surface area contributed by atoms with Gasteiger partial charge in [0, 0.05) is 25.7 Å². The van der Waals surface area contributed by atoms with Gasteiger partial charge in [-0.15, -0.1) is 0 Å². The summed E-state index contributed by atoms with van der Waals surface area (Å²) in [5.41, 5.74) is 1.31. The van der Waals surface area contributed by atoms with Gasteiger partial charge in [-0.1, -0.05) is 0 Å². The number of nitriles is 1. The van der Waals surface area contributed by atoms with Crippen LogP contribution in [-0.4, -0.2) is 30.6 Å². The predicted molar refractivity (Wildman–Crippen MR) is 70.9 cm³/mol. The fourth-order valence-corrected chi connectivity index (χ4v) is 3.33. The van der Waals surface area contributed by atoms with E-state index >= 15 is 0 Å². The summed E-state index contributed by atoms with van der Waals surface area (Å²) in [6, 6.07) is 7.22. The Balaban J connectivity index is 1.69. The highest BCUT2D eigenvalue weighted by Crippen LogP contribution is 2.26. The van der Waals surface area contributed by atoms with E-state index in [-0.39, 0.29) is 5.82 Å². The van der Waals surface area contributed by atoms with Crippen LogP contribution < -0.4 is 5.32 Å². The van der Waals surface area contributed by atoms with Crippen LogP contribution in [0.3, 0.4) is 0 Å². The molecule has 2 heterocycles. The molecule has 0 aliphatic carbocycles. The Labute approximate surface area is 113 Å². The molecule has 2 aliphatic heterocycles. The molecule has 2 unspecified atom stereocenters. The zero-order valence-corrected chi connectivity index (χ0v) is 10.9. The average Bonchev–Trinajstić information content (AvgIpc) is 2.80. The van der Waals surface area contributed by atoms with Gasteiger partial charge in [0.25, 0.3) is 0 Å². The molecule has 2 fully saturated rings. The molecule has 0 radical (unpaired) electrons. The number of benzene rings is 1. The molecule has 2 aliphatic rings. The minimum atomic E-state index is -0.316. The van der Waals surface area contributed by atoms with Crippen molar-refractivity contribution in [2.24, 2.45) is 5.92 Å². The van der Waals surface area contributed by atoms with Crippen molar-refractivity contribution >= 4 is 0 Å². The summed E-state index contributed by atoms with van der Waals surface area (Å²) in [4.78, 5) is 2.36. The number of hydrogen-bond donors (Lipinski definition) is 1. The van der Waals surface area contributed by atoms with E-state index < -0.39 is 0 Å². The molecule has 0 spiro atoms. The average molecular weight is 259 g/mol. The number of piperidine rings is 1. The number of nitrogens with zero attached hydrogens (tertiary/aromatic N) is 2. The first-order chi connectivity index (χ1) is 9.24. The second kappa shape index (κ2) is 5.28. The lowest BCUT2D eigenvalue weighted by atomic mass is 9.94. The van der Waals surface area contributed by atoms with Crippen molar-refractivity contribution in [1.29, 1.82) is 5.26 Å². The molecule has 1 aromatic carbocycles. The van der Waals surface area contributed by atoms with Crippen LogP contribution in [0.1, 0.15) is 24.0 Å². The van der Waals surface area contributed by atoms with Crippen LogP contribution in [0.4, 0.5) is 4.39 Å². The molecule has 100 valence electrons. The van der Waals surface area contributed by atoms with Gasteiger partial charge < -0.3 is 5.32 Å². The van der Waals surface area contributed by atoms with Crippen LogP contribution in [0, 0.1) is 23.1 Å². The molecule has 4 heteroatoms. The van der Waals surface area contributed by atoms with E-state index in [1.54, 1.807) is 6.07 Å². The van der Waals surface area contributed by atoms with E-state index in [4.69, 9.17) is 5.26 Å². The van der Waals surface area contributed by atoms with Gasteiger partial charge in [-0.3, -0.25) is 4.90 Å². The normalized spacial score (nSPS) is 26.9. The molecule has 0 amide bonds. The van der Waals surface area contributed by atoms with Gasteiger partial charge in [0.1, 0.15) is 5.82 Å². The Morgan fingerprint density at radius 1 is 1.37 bits per heavy atom. The largest absolute Gasteiger partial charge is 0.312 e. The van der Waals surface area contributed by atoms with Gasteiger partial charge >= 0.3 is 0 Å². The fourth-order valence-electron chi connectivity index (χ4n) is 3.33. The predicted octanol–water partition coefficient (Wildman–Crippen LogP) is 1.88. The van der Waals surface area contributed by atoms with Gasteiger partial charge in [-0.25, -0.2) is 4.39 Å². The zero-order valence-electron chi connectivity index (χ0n) is 10.9. The summed E-state index contributed by atoms with van der Waals surface area (Å²) >= 11 is 0. The van der Waals surface area contributed by atoms with Crippen molar-refractivity contribution < 1.29 is 4.39 Å². The van der Waals surface area contributed by atoms with E-state index in [0.29, 0.717) is 11.6 Å². The zero-order chi connectivity index (χ0) is 13.2. The van der Waals surface area contributed by atoms with Gasteiger partial charge in [0.2, 0.25) is 0 Å². The molecule has 1 aromatic rings. The highest BCUT2D eigenvalue weighted by atomic mass is 19.1. The van der Waals surface area contributed by atoms with Crippen LogP contribution in [0.5, 0.6) is 0 Å². The summed E-state index contributed by atoms with van der Waals surface area (Å²) in [6.07, 6.45) is 2.55. The van der Waals surface area contributed by atoms with Crippen molar-refractivity contribution in [3.63, 3.8) is 0 Å². The highest BCUT2D eigenvalue weighted by molar-refractivity contribution is 5.33. The Morgan fingerprint density at radius 3 is 3.05 bits per heavy atom. The molecular weight excluding hydrogens is 241 g/mol. The fraction of sp³-hybridized carbons (Fsp3) is 0.533. The summed E-state index contributed by atoms with van der Waals surface area (Å²) in [5.74, 6) is 0.418. The summed E-state index contributed by atoms with van der Waals surface area (Å²) in [7, 11) is 0. The molecule has 1 N–H and O–H groups in total. The van der Waals surface area contributed by atoms with Crippen LogP contribution in [-0.2, 0) is 6.54 Å². The molecule has 2 saturated heterocycles. The maximum absolute atomic E-state index is 13.4. The van der Waals surface area contributed by atoms with Crippen LogP contribution >= 0.6 is 0 Å². The quantitative estimate of drug-likeness (QED) is 0.881. The van der Waals surface area contributed by atoms with Gasteiger partial charge in [0.15, 0.2) is 0 Å². The van der Waals surface area contributed by atoms with Crippen LogP contribution in [0.2, 0.25) is 0 Å². The lowest BCUT2D eigenvalue weighted by Crippen LogP contribution is -2.40. The molecule has 0 bridgehead atoms. The molecule has 19 heavy (non-hydrogen) atoms. The first kappa shape index (κ1) is 12.6. The van der Waals surface area contributed by atoms with E-state index in [2.05, 4.69) is 10.2 Å². The lowest BCUT2D eigenvalue weighted by Gasteiger charge is -2.24. The van der Waals surface area contributed by atoms with Crippen molar-refractivity contribution in [2.45, 2.75) is 25.4 Å². The number of hydrogen-bond acceptors (Lipinski definition) is 3. The first-order valence-corrected chi connectivity index (χ1v) is 6.90. The number of rotatable bonds is 2. The van der Waals surface area contributed by atoms with Gasteiger partial charge in [-0.05, 0) is 49.1 Å². The summed E-state index contributed by atoms with van der Waals surface area (Å²) in [6.45, 7) is 3.97. The molecule has 0 aromatic heterocycles. The van der Waals surface area contributed by atoms with E-state index in [0.717, 1.165) is 37.7 Å². The second-order valence-corrected chi connectivity index (χ2v) is 5.62. The first-order valence-electron chi connectivity index (χ1n) is 6.90. The third-order valence-corrected chi connectivity index (χ3v) is 4.17. The monoisotopic (exact) mass is 259 g/mol. The topological polar surface area (TPSA) is 39.1 Å². The molecule has 2 atom stereocenters. The minimum absolute atomic E-state index is 0.316. The van der Waals surface area contributed by atoms with E-state index in [1.807, 2.05) is 6.07 Å². The molecular formula is C15H18FN3. The van der Waals surface area contributed by atoms with Crippen molar-refractivity contribution in [3.8, 4) is 6.07 Å². The Bertz CT molecular complexity index is 495. The number of nitrogens with one attached hydrogen (secondary N) is 1. The number of likely N-dealkylation sites (tertiary alicyclic amines) is 1. The Hall–Kier alpha value is -1.44. The Kier molecular flexibility index (Phi) is 3.50. The van der Waals surface area contributed by atoms with Gasteiger partial charge in [-0.2, -0.15) is 5.26 Å². The van der Waals surface area contributed by atoms with Gasteiger partial charge in [0.05, 0.1) is 11.6 Å². The Morgan fingerprint density at radius 2 is 2.26 bits per heavy atom. The van der Waals surface area contributed by atoms with E-state index in [9.17, 15) is 4.39 Å².